The van der Waals surface area contributed by atoms with Crippen LogP contribution in [0.5, 0.6) is 11.5 Å². The van der Waals surface area contributed by atoms with Crippen LogP contribution in [0.3, 0.4) is 0 Å². The number of fused-ring (bicyclic) bond motifs is 1. The second-order valence-electron chi connectivity index (χ2n) is 11.2. The number of rotatable bonds is 6. The molecule has 0 saturated carbocycles. The van der Waals surface area contributed by atoms with Gasteiger partial charge in [-0.3, -0.25) is 14.5 Å². The Bertz CT molecular complexity index is 1730. The number of benzene rings is 3. The highest BCUT2D eigenvalue weighted by Crippen LogP contribution is 2.45. The van der Waals surface area contributed by atoms with E-state index in [1.807, 2.05) is 24.3 Å². The molecule has 43 heavy (non-hydrogen) atoms. The highest BCUT2D eigenvalue weighted by atomic mass is 32.2. The van der Waals surface area contributed by atoms with Crippen molar-refractivity contribution in [1.82, 2.24) is 10.2 Å². The molecule has 0 radical (unpaired) electrons. The van der Waals surface area contributed by atoms with Crippen molar-refractivity contribution in [3.8, 4) is 11.5 Å². The minimum absolute atomic E-state index is 0.0547. The molecule has 4 aromatic rings. The number of amides is 1. The number of carbonyl (C=O) groups is 2. The lowest BCUT2D eigenvalue weighted by Gasteiger charge is -2.24. The van der Waals surface area contributed by atoms with Crippen molar-refractivity contribution < 1.29 is 28.6 Å². The second-order valence-corrected chi connectivity index (χ2v) is 13.3. The van der Waals surface area contributed by atoms with Crippen LogP contribution in [-0.2, 0) is 20.8 Å². The molecule has 2 aliphatic heterocycles. The first-order valence-electron chi connectivity index (χ1n) is 13.6. The molecule has 3 heterocycles. The van der Waals surface area contributed by atoms with Gasteiger partial charge in [0.05, 0.1) is 11.6 Å². The van der Waals surface area contributed by atoms with E-state index in [9.17, 15) is 19.1 Å². The van der Waals surface area contributed by atoms with E-state index in [0.29, 0.717) is 45.9 Å². The molecular weight excluding hydrogens is 590 g/mol. The highest BCUT2D eigenvalue weighted by molar-refractivity contribution is 8.00. The van der Waals surface area contributed by atoms with Crippen LogP contribution in [-0.4, -0.2) is 40.2 Å². The largest absolute Gasteiger partial charge is 0.507 e. The Labute approximate surface area is 256 Å². The number of thioether (sulfide) groups is 1. The Balaban J connectivity index is 1.40. The van der Waals surface area contributed by atoms with Gasteiger partial charge in [-0.1, -0.05) is 80.3 Å². The van der Waals surface area contributed by atoms with Crippen molar-refractivity contribution in [1.29, 1.82) is 0 Å². The second kappa shape index (κ2) is 11.5. The van der Waals surface area contributed by atoms with Crippen LogP contribution in [0, 0.1) is 5.82 Å². The van der Waals surface area contributed by atoms with Crippen molar-refractivity contribution in [3.63, 3.8) is 0 Å². The number of Topliss-reactive ketones (excluding diaryl/α,β-unsaturated/α-hetero) is 1. The molecule has 0 spiro atoms. The Morgan fingerprint density at radius 3 is 2.40 bits per heavy atom. The molecule has 1 fully saturated rings. The number of carbonyl (C=O) groups excluding carboxylic acids is 2. The maximum Gasteiger partial charge on any atom is 0.301 e. The zero-order valence-corrected chi connectivity index (χ0v) is 25.3. The van der Waals surface area contributed by atoms with E-state index in [4.69, 9.17) is 9.47 Å². The number of aliphatic hydroxyl groups is 1. The van der Waals surface area contributed by atoms with Crippen LogP contribution >= 0.6 is 23.1 Å². The number of hydrogen-bond acceptors (Lipinski definition) is 9. The van der Waals surface area contributed by atoms with Crippen molar-refractivity contribution >= 4 is 45.7 Å². The average molecular weight is 618 g/mol. The lowest BCUT2D eigenvalue weighted by atomic mass is 9.85. The van der Waals surface area contributed by atoms with E-state index in [1.165, 1.54) is 40.1 Å². The summed E-state index contributed by atoms with van der Waals surface area (Å²) in [4.78, 5) is 28.5. The first-order valence-corrected chi connectivity index (χ1v) is 15.4. The van der Waals surface area contributed by atoms with Gasteiger partial charge in [-0.25, -0.2) is 4.39 Å². The molecule has 6 rings (SSSR count). The molecule has 1 unspecified atom stereocenters. The van der Waals surface area contributed by atoms with Gasteiger partial charge in [-0.15, -0.1) is 10.2 Å². The normalized spacial score (nSPS) is 17.9. The van der Waals surface area contributed by atoms with Crippen LogP contribution in [0.2, 0.25) is 0 Å². The lowest BCUT2D eigenvalue weighted by Crippen LogP contribution is -2.29. The minimum Gasteiger partial charge on any atom is -0.507 e. The summed E-state index contributed by atoms with van der Waals surface area (Å²) in [6.07, 6.45) is 0. The molecule has 8 nitrogen and oxygen atoms in total. The first-order chi connectivity index (χ1) is 20.6. The summed E-state index contributed by atoms with van der Waals surface area (Å²) in [6, 6.07) is 17.8. The summed E-state index contributed by atoms with van der Waals surface area (Å²) in [5, 5.41) is 20.3. The lowest BCUT2D eigenvalue weighted by molar-refractivity contribution is -0.132. The zero-order valence-electron chi connectivity index (χ0n) is 23.7. The number of halogens is 1. The Morgan fingerprint density at radius 2 is 1.70 bits per heavy atom. The first kappa shape index (κ1) is 28.9. The van der Waals surface area contributed by atoms with E-state index in [0.717, 1.165) is 11.1 Å². The predicted octanol–water partition coefficient (Wildman–Crippen LogP) is 6.66. The highest BCUT2D eigenvalue weighted by Gasteiger charge is 2.48. The van der Waals surface area contributed by atoms with Gasteiger partial charge in [-0.05, 0) is 52.4 Å². The monoisotopic (exact) mass is 617 g/mol. The van der Waals surface area contributed by atoms with E-state index >= 15 is 0 Å². The summed E-state index contributed by atoms with van der Waals surface area (Å²) < 4.78 is 25.1. The van der Waals surface area contributed by atoms with Gasteiger partial charge in [0.1, 0.15) is 24.8 Å². The van der Waals surface area contributed by atoms with Gasteiger partial charge in [0.2, 0.25) is 5.13 Å². The Morgan fingerprint density at radius 1 is 1.00 bits per heavy atom. The molecule has 0 aliphatic carbocycles. The number of nitrogens with zero attached hydrogens (tertiary/aromatic N) is 3. The number of ether oxygens (including phenoxy) is 2. The van der Waals surface area contributed by atoms with Crippen LogP contribution in [0.15, 0.2) is 76.6 Å². The number of ketones is 1. The fourth-order valence-electron chi connectivity index (χ4n) is 4.94. The standard InChI is InChI=1S/C32H28FN3O5S2/c1-32(2,3)21-9-6-19(7-10-21)26-25(27(37)20-8-13-23-24(16-20)41-15-14-40-23)28(38)29(39)36(26)30-34-35-31(43-30)42-17-18-4-11-22(33)12-5-18/h4-13,16,26,37H,14-15,17H2,1-3H3/b27-25+. The van der Waals surface area contributed by atoms with Crippen LogP contribution < -0.4 is 14.4 Å². The fraction of sp³-hybridized carbons (Fsp3) is 0.250. The summed E-state index contributed by atoms with van der Waals surface area (Å²) >= 11 is 2.56. The third-order valence-corrected chi connectivity index (χ3v) is 9.36. The third-order valence-electron chi connectivity index (χ3n) is 7.23. The zero-order chi connectivity index (χ0) is 30.3. The number of hydrogen-bond donors (Lipinski definition) is 1. The van der Waals surface area contributed by atoms with Crippen molar-refractivity contribution in [2.45, 2.75) is 42.3 Å². The maximum absolute atomic E-state index is 13.6. The van der Waals surface area contributed by atoms with Crippen molar-refractivity contribution in [3.05, 3.63) is 100 Å². The van der Waals surface area contributed by atoms with Gasteiger partial charge in [0, 0.05) is 11.3 Å². The van der Waals surface area contributed by atoms with Crippen LogP contribution in [0.1, 0.15) is 49.1 Å². The van der Waals surface area contributed by atoms with E-state index in [-0.39, 0.29) is 27.7 Å². The predicted molar refractivity (Wildman–Crippen MR) is 163 cm³/mol. The van der Waals surface area contributed by atoms with Crippen molar-refractivity contribution in [2.75, 3.05) is 18.1 Å². The molecule has 1 atom stereocenters. The Hall–Kier alpha value is -4.22. The molecule has 3 aromatic carbocycles. The van der Waals surface area contributed by atoms with Gasteiger partial charge in [0.15, 0.2) is 15.8 Å². The SMILES string of the molecule is CC(C)(C)c1ccc(C2/C(=C(\O)c3ccc4c(c3)OCCO4)C(=O)C(=O)N2c2nnc(SCc3ccc(F)cc3)s2)cc1. The quantitative estimate of drug-likeness (QED) is 0.0842. The van der Waals surface area contributed by atoms with Gasteiger partial charge < -0.3 is 14.6 Å². The van der Waals surface area contributed by atoms with E-state index < -0.39 is 17.7 Å². The number of aliphatic hydroxyl groups excluding tert-OH is 1. The summed E-state index contributed by atoms with van der Waals surface area (Å²) in [5.41, 5.74) is 2.79. The number of anilines is 1. The molecule has 1 N–H and O–H groups in total. The van der Waals surface area contributed by atoms with E-state index in [2.05, 4.69) is 31.0 Å². The number of aromatic nitrogens is 2. The van der Waals surface area contributed by atoms with Gasteiger partial charge in [-0.2, -0.15) is 0 Å². The van der Waals surface area contributed by atoms with Gasteiger partial charge in [0.25, 0.3) is 5.78 Å². The summed E-state index contributed by atoms with van der Waals surface area (Å²) in [5.74, 6) is -0.759. The van der Waals surface area contributed by atoms with E-state index in [1.54, 1.807) is 30.3 Å². The maximum atomic E-state index is 13.6. The smallest absolute Gasteiger partial charge is 0.301 e. The molecule has 1 amide bonds. The summed E-state index contributed by atoms with van der Waals surface area (Å²) in [7, 11) is 0. The molecule has 0 bridgehead atoms. The Kier molecular flexibility index (Phi) is 7.70. The van der Waals surface area contributed by atoms with Gasteiger partial charge >= 0.3 is 5.91 Å². The molecular formula is C32H28FN3O5S2. The topological polar surface area (TPSA) is 102 Å². The fourth-order valence-corrected chi connectivity index (χ4v) is 6.76. The summed E-state index contributed by atoms with van der Waals surface area (Å²) in [6.45, 7) is 7.08. The minimum atomic E-state index is -0.940. The van der Waals surface area contributed by atoms with Crippen LogP contribution in [0.25, 0.3) is 5.76 Å². The third kappa shape index (κ3) is 5.74. The molecule has 2 aliphatic rings. The molecule has 1 aromatic heterocycles. The van der Waals surface area contributed by atoms with Crippen LogP contribution in [0.4, 0.5) is 9.52 Å². The molecule has 1 saturated heterocycles. The van der Waals surface area contributed by atoms with Crippen molar-refractivity contribution in [2.24, 2.45) is 0 Å². The average Bonchev–Trinajstić information content (AvgIpc) is 3.57. The molecule has 11 heteroatoms. The molecule has 220 valence electrons.